The minimum Gasteiger partial charge on any atom is -0.436 e. The lowest BCUT2D eigenvalue weighted by Crippen LogP contribution is -2.04. The Kier molecular flexibility index (Phi) is 4.33. The third kappa shape index (κ3) is 3.26. The van der Waals surface area contributed by atoms with Gasteiger partial charge >= 0.3 is 0 Å². The zero-order valence-corrected chi connectivity index (χ0v) is 12.1. The summed E-state index contributed by atoms with van der Waals surface area (Å²) in [5.41, 5.74) is 2.03. The smallest absolute Gasteiger partial charge is 0.260 e. The van der Waals surface area contributed by atoms with Gasteiger partial charge in [-0.1, -0.05) is 0 Å². The number of aryl methyl sites for hydroxylation is 2. The quantitative estimate of drug-likeness (QED) is 0.933. The lowest BCUT2D eigenvalue weighted by atomic mass is 10.1. The second-order valence-corrected chi connectivity index (χ2v) is 4.53. The molecule has 6 heteroatoms. The topological polar surface area (TPSA) is 70.8 Å². The summed E-state index contributed by atoms with van der Waals surface area (Å²) in [7, 11) is 0. The third-order valence-corrected chi connectivity index (χ3v) is 2.83. The highest BCUT2D eigenvalue weighted by molar-refractivity contribution is 5.48. The Morgan fingerprint density at radius 2 is 2.00 bits per heavy atom. The number of halogens is 1. The van der Waals surface area contributed by atoms with Crippen LogP contribution in [0.2, 0.25) is 0 Å². The van der Waals surface area contributed by atoms with Crippen molar-refractivity contribution in [3.8, 4) is 17.7 Å². The summed E-state index contributed by atoms with van der Waals surface area (Å²) in [6.45, 7) is 6.11. The average Bonchev–Trinajstić information content (AvgIpc) is 2.46. The molecule has 1 heterocycles. The van der Waals surface area contributed by atoms with Crippen molar-refractivity contribution in [1.82, 2.24) is 9.97 Å². The molecule has 0 aliphatic carbocycles. The maximum absolute atomic E-state index is 13.8. The fourth-order valence-electron chi connectivity index (χ4n) is 1.94. The molecule has 0 aliphatic rings. The Labute approximate surface area is 122 Å². The van der Waals surface area contributed by atoms with Crippen molar-refractivity contribution in [3.63, 3.8) is 0 Å². The number of benzene rings is 1. The molecule has 108 valence electrons. The minimum atomic E-state index is -0.639. The van der Waals surface area contributed by atoms with Crippen LogP contribution in [0.3, 0.4) is 0 Å². The fourth-order valence-corrected chi connectivity index (χ4v) is 1.94. The molecule has 0 aliphatic heterocycles. The van der Waals surface area contributed by atoms with Gasteiger partial charge in [0.1, 0.15) is 5.75 Å². The van der Waals surface area contributed by atoms with Crippen LogP contribution in [0, 0.1) is 31.0 Å². The first-order valence-electron chi connectivity index (χ1n) is 6.50. The van der Waals surface area contributed by atoms with Crippen LogP contribution in [0.25, 0.3) is 0 Å². The summed E-state index contributed by atoms with van der Waals surface area (Å²) in [5, 5.41) is 11.8. The Morgan fingerprint density at radius 1 is 1.33 bits per heavy atom. The molecule has 0 saturated carbocycles. The molecule has 0 saturated heterocycles. The van der Waals surface area contributed by atoms with E-state index in [4.69, 9.17) is 10.00 Å². The molecule has 21 heavy (non-hydrogen) atoms. The van der Waals surface area contributed by atoms with Crippen molar-refractivity contribution in [1.29, 1.82) is 5.26 Å². The SMILES string of the molecule is CCNc1ncc(F)c(Oc2c(C)cc(C#N)cc2C)n1. The molecule has 1 aromatic carbocycles. The van der Waals surface area contributed by atoms with Gasteiger partial charge in [-0.2, -0.15) is 14.6 Å². The van der Waals surface area contributed by atoms with Crippen molar-refractivity contribution >= 4 is 5.95 Å². The molecule has 0 atom stereocenters. The van der Waals surface area contributed by atoms with Crippen LogP contribution in [-0.4, -0.2) is 16.5 Å². The van der Waals surface area contributed by atoms with Gasteiger partial charge in [-0.05, 0) is 44.0 Å². The van der Waals surface area contributed by atoms with Crippen LogP contribution in [0.5, 0.6) is 11.6 Å². The second-order valence-electron chi connectivity index (χ2n) is 4.53. The van der Waals surface area contributed by atoms with Gasteiger partial charge in [0.05, 0.1) is 17.8 Å². The van der Waals surface area contributed by atoms with E-state index < -0.39 is 5.82 Å². The highest BCUT2D eigenvalue weighted by Gasteiger charge is 2.13. The van der Waals surface area contributed by atoms with Crippen LogP contribution in [-0.2, 0) is 0 Å². The van der Waals surface area contributed by atoms with Gasteiger partial charge in [0, 0.05) is 6.54 Å². The molecule has 0 amide bonds. The summed E-state index contributed by atoms with van der Waals surface area (Å²) >= 11 is 0. The van der Waals surface area contributed by atoms with E-state index in [1.54, 1.807) is 26.0 Å². The number of aromatic nitrogens is 2. The molecule has 0 unspecified atom stereocenters. The summed E-state index contributed by atoms with van der Waals surface area (Å²) < 4.78 is 19.4. The summed E-state index contributed by atoms with van der Waals surface area (Å²) in [6, 6.07) is 5.45. The number of nitrogens with one attached hydrogen (secondary N) is 1. The van der Waals surface area contributed by atoms with Gasteiger partial charge < -0.3 is 10.1 Å². The molecule has 0 radical (unpaired) electrons. The average molecular weight is 286 g/mol. The van der Waals surface area contributed by atoms with Crippen LogP contribution < -0.4 is 10.1 Å². The number of hydrogen-bond donors (Lipinski definition) is 1. The highest BCUT2D eigenvalue weighted by atomic mass is 19.1. The van der Waals surface area contributed by atoms with Crippen LogP contribution in [0.1, 0.15) is 23.6 Å². The zero-order chi connectivity index (χ0) is 15.4. The Hall–Kier alpha value is -2.68. The van der Waals surface area contributed by atoms with E-state index in [0.29, 0.717) is 23.8 Å². The maximum atomic E-state index is 13.8. The molecule has 0 bridgehead atoms. The van der Waals surface area contributed by atoms with Gasteiger partial charge in [-0.25, -0.2) is 4.98 Å². The molecule has 2 aromatic rings. The lowest BCUT2D eigenvalue weighted by molar-refractivity contribution is 0.415. The molecule has 5 nitrogen and oxygen atoms in total. The summed E-state index contributed by atoms with van der Waals surface area (Å²) in [5.74, 6) is 0.0172. The van der Waals surface area contributed by atoms with Gasteiger partial charge in [0.15, 0.2) is 0 Å². The maximum Gasteiger partial charge on any atom is 0.260 e. The Bertz CT molecular complexity index is 686. The van der Waals surface area contributed by atoms with Gasteiger partial charge in [0.2, 0.25) is 11.8 Å². The number of ether oxygens (including phenoxy) is 1. The number of nitrogens with zero attached hydrogens (tertiary/aromatic N) is 3. The number of anilines is 1. The fraction of sp³-hybridized carbons (Fsp3) is 0.267. The van der Waals surface area contributed by atoms with E-state index in [0.717, 1.165) is 17.3 Å². The zero-order valence-electron chi connectivity index (χ0n) is 12.1. The van der Waals surface area contributed by atoms with Gasteiger partial charge in [0.25, 0.3) is 5.88 Å². The highest BCUT2D eigenvalue weighted by Crippen LogP contribution is 2.30. The largest absolute Gasteiger partial charge is 0.436 e. The van der Waals surface area contributed by atoms with E-state index in [2.05, 4.69) is 21.4 Å². The van der Waals surface area contributed by atoms with E-state index >= 15 is 0 Å². The third-order valence-electron chi connectivity index (χ3n) is 2.83. The summed E-state index contributed by atoms with van der Waals surface area (Å²) in [6.07, 6.45) is 1.06. The van der Waals surface area contributed by atoms with Crippen molar-refractivity contribution < 1.29 is 9.13 Å². The number of nitriles is 1. The van der Waals surface area contributed by atoms with E-state index in [-0.39, 0.29) is 5.88 Å². The van der Waals surface area contributed by atoms with Crippen molar-refractivity contribution in [2.45, 2.75) is 20.8 Å². The Balaban J connectivity index is 2.38. The van der Waals surface area contributed by atoms with E-state index in [1.165, 1.54) is 0 Å². The lowest BCUT2D eigenvalue weighted by Gasteiger charge is -2.12. The molecular formula is C15H15FN4O. The summed E-state index contributed by atoms with van der Waals surface area (Å²) in [4.78, 5) is 7.82. The van der Waals surface area contributed by atoms with Crippen molar-refractivity contribution in [2.24, 2.45) is 0 Å². The second kappa shape index (κ2) is 6.18. The molecule has 1 N–H and O–H groups in total. The number of rotatable bonds is 4. The predicted molar refractivity (Wildman–Crippen MR) is 76.9 cm³/mol. The molecule has 0 fully saturated rings. The van der Waals surface area contributed by atoms with Crippen LogP contribution in [0.15, 0.2) is 18.3 Å². The molecule has 0 spiro atoms. The molecular weight excluding hydrogens is 271 g/mol. The minimum absolute atomic E-state index is 0.142. The first-order chi connectivity index (χ1) is 10.0. The van der Waals surface area contributed by atoms with Gasteiger partial charge in [-0.3, -0.25) is 0 Å². The normalized spacial score (nSPS) is 10.0. The standard InChI is InChI=1S/C15H15FN4O/c1-4-18-15-19-8-12(16)14(20-15)21-13-9(2)5-11(7-17)6-10(13)3/h5-6,8H,4H2,1-3H3,(H,18,19,20). The van der Waals surface area contributed by atoms with E-state index in [9.17, 15) is 4.39 Å². The van der Waals surface area contributed by atoms with Crippen molar-refractivity contribution in [3.05, 3.63) is 40.8 Å². The molecule has 1 aromatic heterocycles. The van der Waals surface area contributed by atoms with E-state index in [1.807, 2.05) is 6.92 Å². The Morgan fingerprint density at radius 3 is 2.57 bits per heavy atom. The van der Waals surface area contributed by atoms with Gasteiger partial charge in [-0.15, -0.1) is 0 Å². The monoisotopic (exact) mass is 286 g/mol. The number of hydrogen-bond acceptors (Lipinski definition) is 5. The molecule has 2 rings (SSSR count). The first kappa shape index (κ1) is 14.7. The van der Waals surface area contributed by atoms with Crippen LogP contribution >= 0.6 is 0 Å². The predicted octanol–water partition coefficient (Wildman–Crippen LogP) is 3.33. The van der Waals surface area contributed by atoms with Crippen LogP contribution in [0.4, 0.5) is 10.3 Å². The first-order valence-corrected chi connectivity index (χ1v) is 6.50. The van der Waals surface area contributed by atoms with Crippen molar-refractivity contribution in [2.75, 3.05) is 11.9 Å².